The van der Waals surface area contributed by atoms with E-state index in [4.69, 9.17) is 5.73 Å². The van der Waals surface area contributed by atoms with Crippen molar-refractivity contribution in [3.05, 3.63) is 0 Å². The average molecular weight is 227 g/mol. The summed E-state index contributed by atoms with van der Waals surface area (Å²) in [4.78, 5) is 11.7. The molecule has 0 unspecified atom stereocenters. The van der Waals surface area contributed by atoms with E-state index in [0.717, 1.165) is 19.3 Å². The maximum atomic E-state index is 11.7. The van der Waals surface area contributed by atoms with Crippen LogP contribution in [-0.2, 0) is 4.79 Å². The maximum Gasteiger partial charge on any atom is 0.142 e. The molecule has 0 aliphatic carbocycles. The van der Waals surface area contributed by atoms with Gasteiger partial charge in [-0.15, -0.1) is 0 Å². The highest BCUT2D eigenvalue weighted by Crippen LogP contribution is 2.05. The van der Waals surface area contributed by atoms with Crippen molar-refractivity contribution in [2.45, 2.75) is 65.8 Å². The highest BCUT2D eigenvalue weighted by atomic mass is 16.1. The third kappa shape index (κ3) is 8.92. The number of carbonyl (C=O) groups excluding carboxylic acids is 1. The van der Waals surface area contributed by atoms with Gasteiger partial charge in [-0.3, -0.25) is 4.79 Å². The summed E-state index contributed by atoms with van der Waals surface area (Å²) in [5, 5.41) is 3.31. The molecule has 3 N–H and O–H groups in total. The molecule has 16 heavy (non-hydrogen) atoms. The summed E-state index contributed by atoms with van der Waals surface area (Å²) in [6, 6.07) is 0.362. The van der Waals surface area contributed by atoms with Crippen molar-refractivity contribution in [2.75, 3.05) is 6.54 Å². The van der Waals surface area contributed by atoms with Gasteiger partial charge in [0.05, 0.1) is 6.04 Å². The maximum absolute atomic E-state index is 11.7. The zero-order valence-electron chi connectivity index (χ0n) is 10.3. The molecule has 0 rings (SSSR count). The number of ketones is 1. The van der Waals surface area contributed by atoms with E-state index < -0.39 is 0 Å². The van der Waals surface area contributed by atoms with Gasteiger partial charge in [0, 0.05) is 6.04 Å². The van der Waals surface area contributed by atoms with E-state index in [-0.39, 0.29) is 13.5 Å². The molecule has 0 aromatic heterocycles. The van der Waals surface area contributed by atoms with Gasteiger partial charge in [-0.05, 0) is 25.7 Å². The minimum Gasteiger partial charge on any atom is -0.330 e. The van der Waals surface area contributed by atoms with Crippen LogP contribution in [0.5, 0.6) is 0 Å². The highest BCUT2D eigenvalue weighted by Gasteiger charge is 2.17. The van der Waals surface area contributed by atoms with E-state index in [1.54, 1.807) is 0 Å². The van der Waals surface area contributed by atoms with Crippen molar-refractivity contribution in [3.63, 3.8) is 0 Å². The van der Waals surface area contributed by atoms with Crippen molar-refractivity contribution in [3.8, 4) is 0 Å². The second kappa shape index (κ2) is 11.1. The molecule has 0 aromatic carbocycles. The molecule has 0 bridgehead atoms. The van der Waals surface area contributed by atoms with Gasteiger partial charge in [0.2, 0.25) is 0 Å². The summed E-state index contributed by atoms with van der Waals surface area (Å²) < 4.78 is 0. The Morgan fingerprint density at radius 2 is 2.00 bits per heavy atom. The van der Waals surface area contributed by atoms with Crippen molar-refractivity contribution in [2.24, 2.45) is 5.73 Å². The second-order valence-corrected chi connectivity index (χ2v) is 4.24. The Morgan fingerprint density at radius 3 is 2.44 bits per heavy atom. The predicted molar refractivity (Wildman–Crippen MR) is 73.1 cm³/mol. The third-order valence-corrected chi connectivity index (χ3v) is 2.28. The molecule has 0 saturated carbocycles. The third-order valence-electron chi connectivity index (χ3n) is 2.28. The Kier molecular flexibility index (Phi) is 12.6. The first-order chi connectivity index (χ1) is 7.11. The van der Waals surface area contributed by atoms with Crippen LogP contribution in [0.3, 0.4) is 0 Å². The van der Waals surface area contributed by atoms with Crippen molar-refractivity contribution >= 4 is 13.1 Å². The molecular weight excluding hydrogens is 199 g/mol. The minimum absolute atomic E-state index is 0. The number of hydrogen-bond donors (Lipinski definition) is 2. The van der Waals surface area contributed by atoms with Gasteiger partial charge in [0.15, 0.2) is 0 Å². The van der Waals surface area contributed by atoms with Gasteiger partial charge in [0.1, 0.15) is 13.1 Å². The van der Waals surface area contributed by atoms with E-state index in [0.29, 0.717) is 24.7 Å². The largest absolute Gasteiger partial charge is 0.330 e. The summed E-state index contributed by atoms with van der Waals surface area (Å²) in [6.07, 6.45) is 3.49. The molecule has 1 atom stereocenters. The molecule has 3 nitrogen and oxygen atoms in total. The molecule has 1 radical (unpaired) electrons. The lowest BCUT2D eigenvalue weighted by Crippen LogP contribution is -2.41. The first kappa shape index (κ1) is 18.0. The normalized spacial score (nSPS) is 12.1. The zero-order chi connectivity index (χ0) is 11.7. The fourth-order valence-electron chi connectivity index (χ4n) is 1.58. The molecule has 0 amide bonds. The summed E-state index contributed by atoms with van der Waals surface area (Å²) in [7, 11) is 1.92. The fourth-order valence-corrected chi connectivity index (χ4v) is 1.58. The zero-order valence-corrected chi connectivity index (χ0v) is 10.3. The van der Waals surface area contributed by atoms with Gasteiger partial charge >= 0.3 is 0 Å². The molecule has 0 saturated heterocycles. The lowest BCUT2D eigenvalue weighted by atomic mass is 9.74. The van der Waals surface area contributed by atoms with Crippen molar-refractivity contribution in [1.82, 2.24) is 5.32 Å². The summed E-state index contributed by atoms with van der Waals surface area (Å²) >= 11 is 0. The smallest absolute Gasteiger partial charge is 0.142 e. The van der Waals surface area contributed by atoms with E-state index in [2.05, 4.69) is 19.2 Å². The lowest BCUT2D eigenvalue weighted by molar-refractivity contribution is -0.119. The second-order valence-electron chi connectivity index (χ2n) is 4.24. The lowest BCUT2D eigenvalue weighted by Gasteiger charge is -2.19. The molecule has 0 aromatic rings. The highest BCUT2D eigenvalue weighted by molar-refractivity contribution is 6.40. The summed E-state index contributed by atoms with van der Waals surface area (Å²) in [6.45, 7) is 6.77. The molecule has 0 fully saturated rings. The molecule has 95 valence electrons. The van der Waals surface area contributed by atoms with E-state index in [9.17, 15) is 4.79 Å². The van der Waals surface area contributed by atoms with Crippen LogP contribution in [-0.4, -0.2) is 31.7 Å². The van der Waals surface area contributed by atoms with Gasteiger partial charge in [-0.1, -0.05) is 34.5 Å². The van der Waals surface area contributed by atoms with Crippen LogP contribution in [0.1, 0.15) is 40.5 Å². The van der Waals surface area contributed by atoms with Crippen LogP contribution in [0.4, 0.5) is 0 Å². The van der Waals surface area contributed by atoms with Gasteiger partial charge in [0.25, 0.3) is 0 Å². The van der Waals surface area contributed by atoms with Crippen LogP contribution in [0.15, 0.2) is 0 Å². The number of carbonyl (C=O) groups is 1. The molecule has 0 spiro atoms. The Labute approximate surface area is 102 Å². The van der Waals surface area contributed by atoms with E-state index >= 15 is 0 Å². The van der Waals surface area contributed by atoms with Crippen LogP contribution < -0.4 is 11.1 Å². The van der Waals surface area contributed by atoms with Crippen LogP contribution in [0.2, 0.25) is 13.1 Å². The first-order valence-corrected chi connectivity index (χ1v) is 5.88. The molecular formula is C12H28BN2O. The predicted octanol–water partition coefficient (Wildman–Crippen LogP) is 1.86. The minimum atomic E-state index is 0. The number of hydrogen-bond acceptors (Lipinski definition) is 3. The van der Waals surface area contributed by atoms with E-state index in [1.807, 2.05) is 14.1 Å². The number of nitrogens with two attached hydrogens (primary N) is 1. The number of unbranched alkanes of at least 4 members (excludes halogenated alkanes) is 1. The average Bonchev–Trinajstić information content (AvgIpc) is 2.16. The molecule has 4 heteroatoms. The standard InChI is InChI=1S/C11H24BN2O.CH4/c1-9(2)14-10(6-4-5-7-13)11(15)8-12-3;/h9-10,14H,4-8,13H2,1-3H3;1H4/t10-;/m0./s1. The molecule has 0 heterocycles. The topological polar surface area (TPSA) is 55.1 Å². The Hall–Kier alpha value is -0.345. The van der Waals surface area contributed by atoms with E-state index in [1.165, 1.54) is 0 Å². The SMILES string of the molecule is C.C[B]CC(=O)[C@H](CCCCN)NC(C)C. The van der Waals surface area contributed by atoms with Gasteiger partial charge in [-0.25, -0.2) is 0 Å². The Balaban J connectivity index is 0. The fraction of sp³-hybridized carbons (Fsp3) is 0.917. The Morgan fingerprint density at radius 1 is 1.38 bits per heavy atom. The van der Waals surface area contributed by atoms with Gasteiger partial charge < -0.3 is 11.1 Å². The van der Waals surface area contributed by atoms with Gasteiger partial charge in [-0.2, -0.15) is 0 Å². The first-order valence-electron chi connectivity index (χ1n) is 5.88. The molecule has 0 aliphatic rings. The van der Waals surface area contributed by atoms with Crippen LogP contribution in [0.25, 0.3) is 0 Å². The number of rotatable bonds is 9. The van der Waals surface area contributed by atoms with Crippen LogP contribution >= 0.6 is 0 Å². The Bertz CT molecular complexity index is 174. The number of Topliss-reactive ketones (excluding diaryl/α,β-unsaturated/α-hetero) is 1. The number of nitrogens with one attached hydrogen (secondary N) is 1. The summed E-state index contributed by atoms with van der Waals surface area (Å²) in [5.74, 6) is 0.295. The van der Waals surface area contributed by atoms with Crippen molar-refractivity contribution < 1.29 is 4.79 Å². The summed E-state index contributed by atoms with van der Waals surface area (Å²) in [5.41, 5.74) is 5.44. The molecule has 0 aliphatic heterocycles. The van der Waals surface area contributed by atoms with Crippen LogP contribution in [0, 0.1) is 0 Å². The quantitative estimate of drug-likeness (QED) is 0.467. The van der Waals surface area contributed by atoms with Crippen molar-refractivity contribution in [1.29, 1.82) is 0 Å². The monoisotopic (exact) mass is 227 g/mol.